The number of carboxylic acid groups (broad SMARTS) is 1. The van der Waals surface area contributed by atoms with Gasteiger partial charge in [-0.1, -0.05) is 0 Å². The molecule has 0 aromatic heterocycles. The first kappa shape index (κ1) is 12.7. The van der Waals surface area contributed by atoms with E-state index in [1.54, 1.807) is 0 Å². The Labute approximate surface area is 99.0 Å². The highest BCUT2D eigenvalue weighted by atomic mass is 19.4. The molecule has 18 heavy (non-hydrogen) atoms. The van der Waals surface area contributed by atoms with Gasteiger partial charge >= 0.3 is 6.18 Å². The second-order valence-electron chi connectivity index (χ2n) is 3.90. The number of benzene rings is 1. The van der Waals surface area contributed by atoms with Crippen LogP contribution in [0.2, 0.25) is 0 Å². The number of carboxylic acids is 1. The van der Waals surface area contributed by atoms with Crippen LogP contribution in [0, 0.1) is 5.82 Å². The third-order valence-electron chi connectivity index (χ3n) is 2.63. The Morgan fingerprint density at radius 1 is 1.39 bits per heavy atom. The molecule has 1 aliphatic heterocycles. The lowest BCUT2D eigenvalue weighted by molar-refractivity contribution is -0.314. The van der Waals surface area contributed by atoms with Gasteiger partial charge < -0.3 is 14.6 Å². The fourth-order valence-corrected chi connectivity index (χ4v) is 1.84. The van der Waals surface area contributed by atoms with Gasteiger partial charge in [-0.05, 0) is 30.5 Å². The summed E-state index contributed by atoms with van der Waals surface area (Å²) in [7, 11) is 0. The highest BCUT2D eigenvalue weighted by Crippen LogP contribution is 2.41. The maximum absolute atomic E-state index is 13.1. The van der Waals surface area contributed by atoms with Crippen molar-refractivity contribution in [2.24, 2.45) is 0 Å². The minimum absolute atomic E-state index is 0.00514. The van der Waals surface area contributed by atoms with Gasteiger partial charge in [-0.15, -0.1) is 0 Å². The Balaban J connectivity index is 2.50. The van der Waals surface area contributed by atoms with Crippen LogP contribution in [0.25, 0.3) is 0 Å². The number of hydrogen-bond donors (Lipinski definition) is 0. The van der Waals surface area contributed by atoms with Gasteiger partial charge in [-0.2, -0.15) is 13.2 Å². The van der Waals surface area contributed by atoms with Gasteiger partial charge in [-0.3, -0.25) is 0 Å². The predicted molar refractivity (Wildman–Crippen MR) is 49.1 cm³/mol. The van der Waals surface area contributed by atoms with Crippen LogP contribution in [0.15, 0.2) is 12.1 Å². The fourth-order valence-electron chi connectivity index (χ4n) is 1.84. The summed E-state index contributed by atoms with van der Waals surface area (Å²) in [4.78, 5) is 10.6. The number of fused-ring (bicyclic) bond motifs is 1. The fraction of sp³-hybridized carbons (Fsp3) is 0.364. The molecule has 0 amide bonds. The number of aryl methyl sites for hydroxylation is 1. The van der Waals surface area contributed by atoms with Gasteiger partial charge in [0.25, 0.3) is 0 Å². The Bertz CT molecular complexity index is 496. The smallest absolute Gasteiger partial charge is 0.420 e. The van der Waals surface area contributed by atoms with Crippen molar-refractivity contribution in [3.05, 3.63) is 29.1 Å². The molecule has 1 unspecified atom stereocenters. The third kappa shape index (κ3) is 2.25. The molecule has 0 N–H and O–H groups in total. The van der Waals surface area contributed by atoms with Crippen molar-refractivity contribution in [2.45, 2.75) is 25.1 Å². The molecular weight excluding hydrogens is 256 g/mol. The number of hydrogen-bond acceptors (Lipinski definition) is 3. The lowest BCUT2D eigenvalue weighted by Gasteiger charge is -2.28. The number of halogens is 4. The number of ether oxygens (including phenoxy) is 1. The topological polar surface area (TPSA) is 49.4 Å². The lowest BCUT2D eigenvalue weighted by Crippen LogP contribution is -2.42. The van der Waals surface area contributed by atoms with E-state index in [0.29, 0.717) is 0 Å². The summed E-state index contributed by atoms with van der Waals surface area (Å²) in [5.74, 6) is -3.24. The molecule has 0 saturated heterocycles. The van der Waals surface area contributed by atoms with Gasteiger partial charge in [0, 0.05) is 0 Å². The van der Waals surface area contributed by atoms with Gasteiger partial charge in [-0.25, -0.2) is 4.39 Å². The van der Waals surface area contributed by atoms with Crippen LogP contribution in [-0.4, -0.2) is 12.1 Å². The summed E-state index contributed by atoms with van der Waals surface area (Å²) in [5, 5.41) is 10.6. The van der Waals surface area contributed by atoms with E-state index in [9.17, 15) is 27.5 Å². The van der Waals surface area contributed by atoms with E-state index in [1.165, 1.54) is 0 Å². The normalized spacial score (nSPS) is 19.0. The van der Waals surface area contributed by atoms with Crippen molar-refractivity contribution in [3.8, 4) is 5.75 Å². The lowest BCUT2D eigenvalue weighted by atomic mass is 9.98. The molecule has 0 spiro atoms. The Kier molecular flexibility index (Phi) is 2.92. The zero-order valence-corrected chi connectivity index (χ0v) is 8.88. The number of carbonyl (C=O) groups is 1. The molecule has 0 bridgehead atoms. The third-order valence-corrected chi connectivity index (χ3v) is 2.63. The number of alkyl halides is 3. The second kappa shape index (κ2) is 4.15. The van der Waals surface area contributed by atoms with E-state index in [-0.39, 0.29) is 24.5 Å². The van der Waals surface area contributed by atoms with E-state index in [4.69, 9.17) is 4.74 Å². The molecule has 98 valence electrons. The summed E-state index contributed by atoms with van der Waals surface area (Å²) in [6, 6.07) is 1.20. The van der Waals surface area contributed by atoms with Crippen molar-refractivity contribution in [3.63, 3.8) is 0 Å². The molecule has 1 aromatic carbocycles. The summed E-state index contributed by atoms with van der Waals surface area (Å²) in [6.45, 7) is 0. The van der Waals surface area contributed by atoms with Crippen molar-refractivity contribution >= 4 is 5.97 Å². The molecule has 3 nitrogen and oxygen atoms in total. The molecule has 1 atom stereocenters. The van der Waals surface area contributed by atoms with Crippen LogP contribution < -0.4 is 9.84 Å². The molecule has 0 saturated carbocycles. The molecule has 0 fully saturated rings. The van der Waals surface area contributed by atoms with E-state index in [0.717, 1.165) is 6.07 Å². The van der Waals surface area contributed by atoms with Crippen LogP contribution in [0.3, 0.4) is 0 Å². The van der Waals surface area contributed by atoms with Gasteiger partial charge in [0.2, 0.25) is 0 Å². The van der Waals surface area contributed by atoms with Crippen LogP contribution in [0.1, 0.15) is 17.5 Å². The first-order valence-electron chi connectivity index (χ1n) is 5.06. The Morgan fingerprint density at radius 3 is 2.61 bits per heavy atom. The highest BCUT2D eigenvalue weighted by molar-refractivity contribution is 5.71. The number of aliphatic carboxylic acids is 1. The summed E-state index contributed by atoms with van der Waals surface area (Å²) < 4.78 is 55.8. The summed E-state index contributed by atoms with van der Waals surface area (Å²) >= 11 is 0. The van der Waals surface area contributed by atoms with Crippen molar-refractivity contribution in [1.29, 1.82) is 0 Å². The van der Waals surface area contributed by atoms with Crippen LogP contribution >= 0.6 is 0 Å². The molecule has 1 aliphatic rings. The Hall–Kier alpha value is -1.79. The average molecular weight is 263 g/mol. The van der Waals surface area contributed by atoms with Gasteiger partial charge in [0.05, 0.1) is 5.97 Å². The van der Waals surface area contributed by atoms with E-state index in [2.05, 4.69) is 0 Å². The maximum atomic E-state index is 13.1. The van der Waals surface area contributed by atoms with Crippen LogP contribution in [0.5, 0.6) is 5.75 Å². The van der Waals surface area contributed by atoms with Gasteiger partial charge in [0.1, 0.15) is 23.2 Å². The Morgan fingerprint density at radius 2 is 2.06 bits per heavy atom. The maximum Gasteiger partial charge on any atom is 0.420 e. The van der Waals surface area contributed by atoms with Crippen molar-refractivity contribution in [2.75, 3.05) is 0 Å². The summed E-state index contributed by atoms with van der Waals surface area (Å²) in [5.41, 5.74) is -1.29. The van der Waals surface area contributed by atoms with E-state index >= 15 is 0 Å². The molecule has 0 radical (unpaired) electrons. The zero-order valence-electron chi connectivity index (χ0n) is 8.88. The highest BCUT2D eigenvalue weighted by Gasteiger charge is 2.38. The quantitative estimate of drug-likeness (QED) is 0.717. The van der Waals surface area contributed by atoms with Crippen LogP contribution in [0.4, 0.5) is 17.6 Å². The predicted octanol–water partition coefficient (Wildman–Crippen LogP) is 1.29. The number of carbonyl (C=O) groups excluding carboxylic acids is 1. The molecular formula is C11H7F4O3-. The molecule has 7 heteroatoms. The zero-order chi connectivity index (χ0) is 13.5. The van der Waals surface area contributed by atoms with Crippen molar-refractivity contribution in [1.82, 2.24) is 0 Å². The van der Waals surface area contributed by atoms with E-state index in [1.807, 2.05) is 0 Å². The standard InChI is InChI=1S/C11H8F4O3/c12-6-3-5-1-2-8(10(16)17)18-9(5)7(4-6)11(13,14)15/h3-4,8H,1-2H2,(H,16,17)/p-1. The average Bonchev–Trinajstić information content (AvgIpc) is 2.25. The monoisotopic (exact) mass is 263 g/mol. The SMILES string of the molecule is O=C([O-])C1CCc2cc(F)cc(C(F)(F)F)c2O1. The molecule has 1 heterocycles. The summed E-state index contributed by atoms with van der Waals surface area (Å²) in [6.07, 6.45) is -6.30. The minimum Gasteiger partial charge on any atom is -0.546 e. The molecule has 2 rings (SSSR count). The molecule has 1 aromatic rings. The second-order valence-corrected chi connectivity index (χ2v) is 3.90. The number of rotatable bonds is 1. The van der Waals surface area contributed by atoms with E-state index < -0.39 is 35.4 Å². The molecule has 0 aliphatic carbocycles. The van der Waals surface area contributed by atoms with Crippen LogP contribution in [-0.2, 0) is 17.4 Å². The van der Waals surface area contributed by atoms with Gasteiger partial charge in [0.15, 0.2) is 0 Å². The largest absolute Gasteiger partial charge is 0.546 e. The van der Waals surface area contributed by atoms with Crippen molar-refractivity contribution < 1.29 is 32.2 Å². The first-order chi connectivity index (χ1) is 8.29. The first-order valence-corrected chi connectivity index (χ1v) is 5.06. The minimum atomic E-state index is -4.81.